The molecule has 0 N–H and O–H groups in total. The van der Waals surface area contributed by atoms with Gasteiger partial charge in [-0.3, -0.25) is 0 Å². The molecule has 4 heteroatoms. The number of carbonyl (C=O) groups excluding carboxylic acids is 1. The summed E-state index contributed by atoms with van der Waals surface area (Å²) in [5.74, 6) is -0.363. The lowest BCUT2D eigenvalue weighted by molar-refractivity contribution is -0.142. The van der Waals surface area contributed by atoms with E-state index in [0.717, 1.165) is 5.06 Å². The molecule has 60 valence electrons. The van der Waals surface area contributed by atoms with Crippen LogP contribution in [0.4, 0.5) is 0 Å². The Morgan fingerprint density at radius 1 is 1.73 bits per heavy atom. The van der Waals surface area contributed by atoms with E-state index >= 15 is 0 Å². The molecule has 1 heterocycles. The highest BCUT2D eigenvalue weighted by molar-refractivity contribution is 7.11. The van der Waals surface area contributed by atoms with Gasteiger partial charge >= 0.3 is 5.97 Å². The number of thiophene rings is 1. The van der Waals surface area contributed by atoms with Crippen molar-refractivity contribution < 1.29 is 14.3 Å². The van der Waals surface area contributed by atoms with Crippen molar-refractivity contribution in [2.45, 2.75) is 0 Å². The van der Waals surface area contributed by atoms with E-state index in [2.05, 4.69) is 4.74 Å². The highest BCUT2D eigenvalue weighted by Crippen LogP contribution is 2.17. The van der Waals surface area contributed by atoms with Gasteiger partial charge in [0.2, 0.25) is 0 Å². The summed E-state index contributed by atoms with van der Waals surface area (Å²) in [5, 5.41) is 2.61. The number of carbonyl (C=O) groups is 1. The first-order valence-electron chi connectivity index (χ1n) is 3.06. The molecule has 0 bridgehead atoms. The van der Waals surface area contributed by atoms with E-state index in [0.29, 0.717) is 0 Å². The summed E-state index contributed by atoms with van der Waals surface area (Å²) in [6.07, 6.45) is 0. The van der Waals surface area contributed by atoms with Gasteiger partial charge in [0, 0.05) is 0 Å². The summed E-state index contributed by atoms with van der Waals surface area (Å²) >= 11 is 1.45. The van der Waals surface area contributed by atoms with E-state index < -0.39 is 0 Å². The summed E-state index contributed by atoms with van der Waals surface area (Å²) in [6.45, 7) is -0.0169. The maximum Gasteiger partial charge on any atom is 0.343 e. The van der Waals surface area contributed by atoms with Gasteiger partial charge in [-0.1, -0.05) is 0 Å². The first kappa shape index (κ1) is 8.07. The van der Waals surface area contributed by atoms with E-state index in [9.17, 15) is 4.79 Å². The summed E-state index contributed by atoms with van der Waals surface area (Å²) < 4.78 is 9.43. The first-order valence-corrected chi connectivity index (χ1v) is 3.94. The van der Waals surface area contributed by atoms with Crippen LogP contribution in [-0.2, 0) is 9.53 Å². The second-order valence-corrected chi connectivity index (χ2v) is 2.71. The molecule has 11 heavy (non-hydrogen) atoms. The van der Waals surface area contributed by atoms with Crippen LogP contribution in [0.1, 0.15) is 0 Å². The highest BCUT2D eigenvalue weighted by Gasteiger charge is 2.00. The van der Waals surface area contributed by atoms with Crippen LogP contribution in [0, 0.1) is 0 Å². The van der Waals surface area contributed by atoms with Crippen molar-refractivity contribution >= 4 is 17.3 Å². The zero-order valence-corrected chi connectivity index (χ0v) is 6.89. The topological polar surface area (TPSA) is 35.5 Å². The molecular formula is C7H8O3S. The Kier molecular flexibility index (Phi) is 2.92. The highest BCUT2D eigenvalue weighted by atomic mass is 32.1. The monoisotopic (exact) mass is 172 g/mol. The Bertz CT molecular complexity index is 218. The molecule has 0 saturated carbocycles. The minimum Gasteiger partial charge on any atom is -0.472 e. The van der Waals surface area contributed by atoms with Gasteiger partial charge in [-0.2, -0.15) is 0 Å². The van der Waals surface area contributed by atoms with Crippen LogP contribution in [0.5, 0.6) is 5.06 Å². The average molecular weight is 172 g/mol. The molecule has 0 aromatic carbocycles. The van der Waals surface area contributed by atoms with Crippen LogP contribution in [0.2, 0.25) is 0 Å². The Hall–Kier alpha value is -1.03. The molecule has 1 aromatic rings. The number of rotatable bonds is 3. The van der Waals surface area contributed by atoms with Crippen molar-refractivity contribution in [3.63, 3.8) is 0 Å². The molecule has 3 nitrogen and oxygen atoms in total. The van der Waals surface area contributed by atoms with Gasteiger partial charge in [-0.15, -0.1) is 11.3 Å². The number of methoxy groups -OCH3 is 1. The Balaban J connectivity index is 2.29. The third-order valence-electron chi connectivity index (χ3n) is 1.06. The minimum absolute atomic E-state index is 0.0169. The Morgan fingerprint density at radius 3 is 3.09 bits per heavy atom. The fourth-order valence-corrected chi connectivity index (χ4v) is 1.11. The van der Waals surface area contributed by atoms with Crippen molar-refractivity contribution in [3.05, 3.63) is 17.5 Å². The predicted molar refractivity (Wildman–Crippen MR) is 41.8 cm³/mol. The number of hydrogen-bond donors (Lipinski definition) is 0. The summed E-state index contributed by atoms with van der Waals surface area (Å²) in [7, 11) is 1.33. The quantitative estimate of drug-likeness (QED) is 0.645. The van der Waals surface area contributed by atoms with Crippen LogP contribution in [0.25, 0.3) is 0 Å². The van der Waals surface area contributed by atoms with E-state index in [4.69, 9.17) is 4.74 Å². The van der Waals surface area contributed by atoms with Crippen LogP contribution in [-0.4, -0.2) is 19.7 Å². The number of esters is 1. The molecule has 0 fully saturated rings. The molecule has 0 aliphatic heterocycles. The van der Waals surface area contributed by atoms with Crippen LogP contribution in [0.3, 0.4) is 0 Å². The lowest BCUT2D eigenvalue weighted by Gasteiger charge is -1.99. The third kappa shape index (κ3) is 2.59. The number of hydrogen-bond acceptors (Lipinski definition) is 4. The van der Waals surface area contributed by atoms with Gasteiger partial charge in [0.25, 0.3) is 0 Å². The molecule has 1 rings (SSSR count). The van der Waals surface area contributed by atoms with Gasteiger partial charge < -0.3 is 9.47 Å². The minimum atomic E-state index is -0.363. The summed E-state index contributed by atoms with van der Waals surface area (Å²) in [6, 6.07) is 3.66. The Morgan fingerprint density at radius 2 is 2.55 bits per heavy atom. The maximum atomic E-state index is 10.6. The smallest absolute Gasteiger partial charge is 0.343 e. The molecule has 0 amide bonds. The molecule has 1 aromatic heterocycles. The normalized spacial score (nSPS) is 9.18. The molecule has 0 spiro atoms. The van der Waals surface area contributed by atoms with Gasteiger partial charge in [0.05, 0.1) is 7.11 Å². The van der Waals surface area contributed by atoms with Crippen LogP contribution < -0.4 is 4.74 Å². The lowest BCUT2D eigenvalue weighted by Crippen LogP contribution is -2.11. The fourth-order valence-electron chi connectivity index (χ4n) is 0.535. The SMILES string of the molecule is COC(=O)COc1cccs1. The van der Waals surface area contributed by atoms with Crippen molar-refractivity contribution in [3.8, 4) is 5.06 Å². The second-order valence-electron chi connectivity index (χ2n) is 1.80. The van der Waals surface area contributed by atoms with Gasteiger partial charge in [0.15, 0.2) is 11.7 Å². The maximum absolute atomic E-state index is 10.6. The van der Waals surface area contributed by atoms with E-state index in [1.807, 2.05) is 11.4 Å². The Labute approximate surface area is 68.6 Å². The predicted octanol–water partition coefficient (Wildman–Crippen LogP) is 1.30. The zero-order valence-electron chi connectivity index (χ0n) is 6.07. The molecule has 0 atom stereocenters. The van der Waals surface area contributed by atoms with E-state index in [1.165, 1.54) is 18.4 Å². The van der Waals surface area contributed by atoms with Crippen molar-refractivity contribution in [1.82, 2.24) is 0 Å². The molecule has 0 aliphatic rings. The van der Waals surface area contributed by atoms with Gasteiger partial charge in [-0.05, 0) is 17.5 Å². The molecule has 0 aliphatic carbocycles. The second kappa shape index (κ2) is 3.98. The average Bonchev–Trinajstić information content (AvgIpc) is 2.52. The van der Waals surface area contributed by atoms with Crippen molar-refractivity contribution in [2.24, 2.45) is 0 Å². The van der Waals surface area contributed by atoms with Gasteiger partial charge in [0.1, 0.15) is 0 Å². The van der Waals surface area contributed by atoms with Crippen LogP contribution >= 0.6 is 11.3 Å². The standard InChI is InChI=1S/C7H8O3S/c1-9-6(8)5-10-7-3-2-4-11-7/h2-4H,5H2,1H3. The van der Waals surface area contributed by atoms with Crippen molar-refractivity contribution in [2.75, 3.05) is 13.7 Å². The summed E-state index contributed by atoms with van der Waals surface area (Å²) in [5.41, 5.74) is 0. The van der Waals surface area contributed by atoms with Crippen molar-refractivity contribution in [1.29, 1.82) is 0 Å². The van der Waals surface area contributed by atoms with E-state index in [-0.39, 0.29) is 12.6 Å². The molecule has 0 saturated heterocycles. The summed E-state index contributed by atoms with van der Waals surface area (Å²) in [4.78, 5) is 10.6. The lowest BCUT2D eigenvalue weighted by atomic mass is 10.6. The largest absolute Gasteiger partial charge is 0.472 e. The fraction of sp³-hybridized carbons (Fsp3) is 0.286. The number of ether oxygens (including phenoxy) is 2. The third-order valence-corrected chi connectivity index (χ3v) is 1.83. The van der Waals surface area contributed by atoms with E-state index in [1.54, 1.807) is 6.07 Å². The zero-order chi connectivity index (χ0) is 8.10. The molecule has 0 unspecified atom stereocenters. The molecule has 0 radical (unpaired) electrons. The first-order chi connectivity index (χ1) is 5.33. The van der Waals surface area contributed by atoms with Crippen LogP contribution in [0.15, 0.2) is 17.5 Å². The molecular weight excluding hydrogens is 164 g/mol. The van der Waals surface area contributed by atoms with Gasteiger partial charge in [-0.25, -0.2) is 4.79 Å².